The highest BCUT2D eigenvalue weighted by atomic mass is 32.1. The summed E-state index contributed by atoms with van der Waals surface area (Å²) in [6.45, 7) is 0.510. The molecule has 3 aromatic heterocycles. The molecule has 2 N–H and O–H groups in total. The van der Waals surface area contributed by atoms with Crippen LogP contribution in [0.3, 0.4) is 0 Å². The van der Waals surface area contributed by atoms with Crippen molar-refractivity contribution in [3.8, 4) is 11.3 Å². The second-order valence-corrected chi connectivity index (χ2v) is 7.31. The second kappa shape index (κ2) is 6.94. The third kappa shape index (κ3) is 3.05. The molecule has 138 valence electrons. The van der Waals surface area contributed by atoms with E-state index in [4.69, 9.17) is 0 Å². The normalized spacial score (nSPS) is 11.3. The molecule has 0 unspecified atom stereocenters. The Morgan fingerprint density at radius 1 is 1.07 bits per heavy atom. The molecule has 0 fully saturated rings. The quantitative estimate of drug-likeness (QED) is 0.480. The lowest BCUT2D eigenvalue weighted by molar-refractivity contribution is 0.0948. The Morgan fingerprint density at radius 2 is 1.89 bits per heavy atom. The average Bonchev–Trinajstić information content (AvgIpc) is 3.42. The van der Waals surface area contributed by atoms with E-state index in [0.717, 1.165) is 33.1 Å². The molecule has 0 bridgehead atoms. The van der Waals surface area contributed by atoms with Crippen LogP contribution < -0.4 is 5.32 Å². The topological polar surface area (TPSA) is 75.1 Å². The van der Waals surface area contributed by atoms with Crippen LogP contribution in [0.1, 0.15) is 16.3 Å². The van der Waals surface area contributed by atoms with E-state index < -0.39 is 0 Å². The molecule has 0 atom stereocenters. The first kappa shape index (κ1) is 16.7. The van der Waals surface area contributed by atoms with E-state index in [-0.39, 0.29) is 5.91 Å². The van der Waals surface area contributed by atoms with Crippen molar-refractivity contribution in [1.29, 1.82) is 0 Å². The Morgan fingerprint density at radius 3 is 2.75 bits per heavy atom. The van der Waals surface area contributed by atoms with Gasteiger partial charge in [0.15, 0.2) is 4.96 Å². The van der Waals surface area contributed by atoms with Gasteiger partial charge in [-0.3, -0.25) is 9.20 Å². The van der Waals surface area contributed by atoms with Gasteiger partial charge in [-0.1, -0.05) is 42.5 Å². The van der Waals surface area contributed by atoms with Gasteiger partial charge in [-0.25, -0.2) is 9.97 Å². The summed E-state index contributed by atoms with van der Waals surface area (Å²) in [6.07, 6.45) is 2.56. The monoisotopic (exact) mass is 387 g/mol. The van der Waals surface area contributed by atoms with E-state index in [1.807, 2.05) is 70.6 Å². The highest BCUT2D eigenvalue weighted by molar-refractivity contribution is 7.15. The van der Waals surface area contributed by atoms with Crippen LogP contribution in [0.5, 0.6) is 0 Å². The number of hydrogen-bond donors (Lipinski definition) is 2. The number of para-hydroxylation sites is 2. The maximum Gasteiger partial charge on any atom is 0.269 e. The van der Waals surface area contributed by atoms with Gasteiger partial charge in [-0.2, -0.15) is 0 Å². The zero-order valence-electron chi connectivity index (χ0n) is 14.9. The van der Waals surface area contributed by atoms with Gasteiger partial charge < -0.3 is 10.3 Å². The van der Waals surface area contributed by atoms with Crippen LogP contribution >= 0.6 is 11.3 Å². The van der Waals surface area contributed by atoms with Gasteiger partial charge in [-0.15, -0.1) is 11.3 Å². The summed E-state index contributed by atoms with van der Waals surface area (Å²) in [5, 5.41) is 4.82. The van der Waals surface area contributed by atoms with E-state index in [1.165, 1.54) is 11.3 Å². The Balaban J connectivity index is 1.29. The Hall–Kier alpha value is -3.45. The van der Waals surface area contributed by atoms with E-state index in [1.54, 1.807) is 0 Å². The van der Waals surface area contributed by atoms with Crippen molar-refractivity contribution in [1.82, 2.24) is 24.7 Å². The smallest absolute Gasteiger partial charge is 0.269 e. The van der Waals surface area contributed by atoms with Gasteiger partial charge in [-0.05, 0) is 12.1 Å². The standard InChI is InChI=1S/C21H17N5OS/c27-20(22-11-10-19-23-15-8-4-5-9-16(15)24-19)18-13-28-21-25-17(12-26(18)21)14-6-2-1-3-7-14/h1-9,12-13H,10-11H2,(H,22,27)(H,23,24). The van der Waals surface area contributed by atoms with Gasteiger partial charge in [0.25, 0.3) is 5.91 Å². The lowest BCUT2D eigenvalue weighted by atomic mass is 10.2. The lowest BCUT2D eigenvalue weighted by Gasteiger charge is -2.03. The molecule has 0 saturated carbocycles. The van der Waals surface area contributed by atoms with Crippen LogP contribution in [-0.4, -0.2) is 31.8 Å². The number of carbonyl (C=O) groups is 1. The number of rotatable bonds is 5. The molecule has 0 spiro atoms. The fraction of sp³-hybridized carbons (Fsp3) is 0.0952. The zero-order valence-corrected chi connectivity index (χ0v) is 15.7. The zero-order chi connectivity index (χ0) is 18.9. The van der Waals surface area contributed by atoms with Crippen molar-refractivity contribution in [2.45, 2.75) is 6.42 Å². The van der Waals surface area contributed by atoms with Crippen molar-refractivity contribution in [2.75, 3.05) is 6.54 Å². The highest BCUT2D eigenvalue weighted by Crippen LogP contribution is 2.23. The number of hydrogen-bond acceptors (Lipinski definition) is 4. The number of benzene rings is 2. The molecule has 0 aliphatic rings. The van der Waals surface area contributed by atoms with E-state index >= 15 is 0 Å². The Bertz CT molecular complexity index is 1230. The molecule has 0 radical (unpaired) electrons. The van der Waals surface area contributed by atoms with Crippen LogP contribution in [0.2, 0.25) is 0 Å². The van der Waals surface area contributed by atoms with Crippen LogP contribution in [0, 0.1) is 0 Å². The summed E-state index contributed by atoms with van der Waals surface area (Å²) in [5.41, 5.74) is 4.45. The molecule has 3 heterocycles. The predicted molar refractivity (Wildman–Crippen MR) is 111 cm³/mol. The number of nitrogens with one attached hydrogen (secondary N) is 2. The minimum absolute atomic E-state index is 0.112. The number of fused-ring (bicyclic) bond motifs is 2. The molecular weight excluding hydrogens is 370 g/mol. The van der Waals surface area contributed by atoms with Crippen LogP contribution in [0.15, 0.2) is 66.2 Å². The summed E-state index contributed by atoms with van der Waals surface area (Å²) < 4.78 is 1.85. The molecule has 1 amide bonds. The summed E-state index contributed by atoms with van der Waals surface area (Å²) in [5.74, 6) is 0.755. The molecule has 5 aromatic rings. The maximum absolute atomic E-state index is 12.6. The first-order chi connectivity index (χ1) is 13.8. The number of aromatic amines is 1. The van der Waals surface area contributed by atoms with E-state index in [9.17, 15) is 4.79 Å². The van der Waals surface area contributed by atoms with Crippen LogP contribution in [0.25, 0.3) is 27.3 Å². The largest absolute Gasteiger partial charge is 0.350 e. The van der Waals surface area contributed by atoms with Gasteiger partial charge in [0.1, 0.15) is 11.5 Å². The van der Waals surface area contributed by atoms with Crippen molar-refractivity contribution >= 4 is 33.2 Å². The van der Waals surface area contributed by atoms with Gasteiger partial charge >= 0.3 is 0 Å². The molecule has 28 heavy (non-hydrogen) atoms. The maximum atomic E-state index is 12.6. The Kier molecular flexibility index (Phi) is 4.14. The molecular formula is C21H17N5OS. The van der Waals surface area contributed by atoms with Gasteiger partial charge in [0, 0.05) is 30.1 Å². The number of carbonyl (C=O) groups excluding carboxylic acids is 1. The van der Waals surface area contributed by atoms with Crippen molar-refractivity contribution < 1.29 is 4.79 Å². The summed E-state index contributed by atoms with van der Waals surface area (Å²) in [7, 11) is 0. The summed E-state index contributed by atoms with van der Waals surface area (Å²) in [6, 6.07) is 17.9. The van der Waals surface area contributed by atoms with Crippen molar-refractivity contribution in [2.24, 2.45) is 0 Å². The molecule has 0 aliphatic heterocycles. The first-order valence-electron chi connectivity index (χ1n) is 9.02. The third-order valence-electron chi connectivity index (χ3n) is 4.60. The van der Waals surface area contributed by atoms with E-state index in [2.05, 4.69) is 20.3 Å². The third-order valence-corrected chi connectivity index (χ3v) is 5.44. The van der Waals surface area contributed by atoms with Gasteiger partial charge in [0.05, 0.1) is 16.7 Å². The van der Waals surface area contributed by atoms with Crippen molar-refractivity contribution in [3.63, 3.8) is 0 Å². The number of thiazole rings is 1. The molecule has 7 heteroatoms. The predicted octanol–water partition coefficient (Wildman–Crippen LogP) is 3.91. The molecule has 0 saturated heterocycles. The fourth-order valence-electron chi connectivity index (χ4n) is 3.20. The number of imidazole rings is 2. The van der Waals surface area contributed by atoms with E-state index in [0.29, 0.717) is 18.7 Å². The average molecular weight is 387 g/mol. The van der Waals surface area contributed by atoms with Gasteiger partial charge in [0.2, 0.25) is 0 Å². The lowest BCUT2D eigenvalue weighted by Crippen LogP contribution is -2.26. The van der Waals surface area contributed by atoms with Crippen LogP contribution in [-0.2, 0) is 6.42 Å². The first-order valence-corrected chi connectivity index (χ1v) is 9.90. The second-order valence-electron chi connectivity index (χ2n) is 6.47. The molecule has 0 aliphatic carbocycles. The molecule has 5 rings (SSSR count). The highest BCUT2D eigenvalue weighted by Gasteiger charge is 2.15. The summed E-state index contributed by atoms with van der Waals surface area (Å²) >= 11 is 1.46. The summed E-state index contributed by atoms with van der Waals surface area (Å²) in [4.78, 5) is 25.9. The molecule has 6 nitrogen and oxygen atoms in total. The number of amides is 1. The number of aromatic nitrogens is 4. The minimum atomic E-state index is -0.112. The molecule has 2 aromatic carbocycles. The fourth-order valence-corrected chi connectivity index (χ4v) is 4.06. The SMILES string of the molecule is O=C(NCCc1nc2ccccc2[nH]1)c1csc2nc(-c3ccccc3)cn12. The minimum Gasteiger partial charge on any atom is -0.350 e. The number of H-pyrrole nitrogens is 1. The van der Waals surface area contributed by atoms with Crippen LogP contribution in [0.4, 0.5) is 0 Å². The number of nitrogens with zero attached hydrogens (tertiary/aromatic N) is 3. The van der Waals surface area contributed by atoms with Crippen molar-refractivity contribution in [3.05, 3.63) is 77.7 Å². The Labute approximate surface area is 164 Å².